The lowest BCUT2D eigenvalue weighted by molar-refractivity contribution is -0.141. The highest BCUT2D eigenvalue weighted by Gasteiger charge is 2.33. The SMILES string of the molecule is CC[C@@H](C(=O)NC(C)(C)C)N(Cc1ccc(Cl)c(Cl)c1)C(=O)CN(c1cc(Cl)ccc1Cl)S(C)(=O)=O. The second-order valence-electron chi connectivity index (χ2n) is 9.30. The number of rotatable bonds is 9. The van der Waals surface area contributed by atoms with Crippen LogP contribution >= 0.6 is 46.4 Å². The number of anilines is 1. The van der Waals surface area contributed by atoms with Gasteiger partial charge in [-0.1, -0.05) is 59.4 Å². The van der Waals surface area contributed by atoms with Crippen LogP contribution in [0, 0.1) is 0 Å². The van der Waals surface area contributed by atoms with E-state index in [0.717, 1.165) is 10.6 Å². The van der Waals surface area contributed by atoms with Crippen molar-refractivity contribution in [3.8, 4) is 0 Å². The van der Waals surface area contributed by atoms with E-state index >= 15 is 0 Å². The second-order valence-corrected chi connectivity index (χ2v) is 12.9. The Morgan fingerprint density at radius 2 is 1.58 bits per heavy atom. The van der Waals surface area contributed by atoms with Crippen LogP contribution in [0.3, 0.4) is 0 Å². The minimum atomic E-state index is -3.95. The average Bonchev–Trinajstić information content (AvgIpc) is 2.74. The maximum Gasteiger partial charge on any atom is 0.244 e. The maximum absolute atomic E-state index is 13.7. The quantitative estimate of drug-likeness (QED) is 0.397. The standard InChI is InChI=1S/C24H29Cl4N3O4S/c1-6-20(23(33)29-24(2,3)4)30(13-15-7-9-17(26)19(28)11-15)22(32)14-31(36(5,34)35)21-12-16(25)8-10-18(21)27/h7-12,20H,6,13-14H2,1-5H3,(H,29,33)/t20-/m0/s1. The summed E-state index contributed by atoms with van der Waals surface area (Å²) in [5, 5.41) is 3.88. The Balaban J connectivity index is 2.53. The highest BCUT2D eigenvalue weighted by molar-refractivity contribution is 7.92. The minimum Gasteiger partial charge on any atom is -0.350 e. The summed E-state index contributed by atoms with van der Waals surface area (Å²) in [7, 11) is -3.95. The van der Waals surface area contributed by atoms with Crippen LogP contribution < -0.4 is 9.62 Å². The predicted molar refractivity (Wildman–Crippen MR) is 148 cm³/mol. The number of halogens is 4. The van der Waals surface area contributed by atoms with E-state index in [1.54, 1.807) is 25.1 Å². The summed E-state index contributed by atoms with van der Waals surface area (Å²) in [6.45, 7) is 6.65. The first kappa shape index (κ1) is 30.5. The number of hydrogen-bond donors (Lipinski definition) is 1. The summed E-state index contributed by atoms with van der Waals surface area (Å²) in [4.78, 5) is 28.2. The molecule has 0 aromatic heterocycles. The minimum absolute atomic E-state index is 0.00727. The van der Waals surface area contributed by atoms with E-state index < -0.39 is 34.1 Å². The zero-order valence-corrected chi connectivity index (χ0v) is 24.5. The molecule has 0 bridgehead atoms. The molecule has 0 aliphatic carbocycles. The highest BCUT2D eigenvalue weighted by Crippen LogP contribution is 2.31. The lowest BCUT2D eigenvalue weighted by Crippen LogP contribution is -2.55. The van der Waals surface area contributed by atoms with E-state index in [2.05, 4.69) is 5.32 Å². The molecule has 36 heavy (non-hydrogen) atoms. The number of carbonyl (C=O) groups is 2. The zero-order valence-electron chi connectivity index (χ0n) is 20.6. The molecule has 1 atom stereocenters. The van der Waals surface area contributed by atoms with Crippen molar-refractivity contribution in [2.24, 2.45) is 0 Å². The Hall–Kier alpha value is -1.71. The Morgan fingerprint density at radius 1 is 0.972 bits per heavy atom. The van der Waals surface area contributed by atoms with Crippen LogP contribution in [0.25, 0.3) is 0 Å². The van der Waals surface area contributed by atoms with Crippen molar-refractivity contribution < 1.29 is 18.0 Å². The van der Waals surface area contributed by atoms with Crippen LogP contribution in [0.4, 0.5) is 5.69 Å². The largest absolute Gasteiger partial charge is 0.350 e. The van der Waals surface area contributed by atoms with E-state index in [1.807, 2.05) is 20.8 Å². The fourth-order valence-corrected chi connectivity index (χ4v) is 5.09. The highest BCUT2D eigenvalue weighted by atomic mass is 35.5. The first-order valence-corrected chi connectivity index (χ1v) is 14.4. The van der Waals surface area contributed by atoms with Gasteiger partial charge in [0.15, 0.2) is 0 Å². The van der Waals surface area contributed by atoms with Crippen molar-refractivity contribution in [3.05, 3.63) is 62.1 Å². The maximum atomic E-state index is 13.7. The van der Waals surface area contributed by atoms with Crippen molar-refractivity contribution in [1.29, 1.82) is 0 Å². The third-order valence-corrected chi connectivity index (χ3v) is 7.50. The number of nitrogens with zero attached hydrogens (tertiary/aromatic N) is 2. The number of nitrogens with one attached hydrogen (secondary N) is 1. The Labute approximate surface area is 232 Å². The molecule has 7 nitrogen and oxygen atoms in total. The Bertz CT molecular complexity index is 1230. The molecule has 2 aromatic rings. The number of sulfonamides is 1. The fourth-order valence-electron chi connectivity index (χ4n) is 3.48. The predicted octanol–water partition coefficient (Wildman–Crippen LogP) is 5.79. The molecule has 0 aliphatic heterocycles. The van der Waals surface area contributed by atoms with Gasteiger partial charge in [-0.2, -0.15) is 0 Å². The molecule has 0 spiro atoms. The molecule has 2 amide bonds. The van der Waals surface area contributed by atoms with E-state index in [-0.39, 0.29) is 39.6 Å². The van der Waals surface area contributed by atoms with Gasteiger partial charge >= 0.3 is 0 Å². The molecule has 1 N–H and O–H groups in total. The molecule has 0 aliphatic rings. The summed E-state index contributed by atoms with van der Waals surface area (Å²) in [6.07, 6.45) is 1.25. The first-order chi connectivity index (χ1) is 16.5. The Kier molecular flexibility index (Phi) is 10.4. The van der Waals surface area contributed by atoms with Crippen molar-refractivity contribution in [1.82, 2.24) is 10.2 Å². The van der Waals surface area contributed by atoms with Gasteiger partial charge in [0.25, 0.3) is 0 Å². The number of hydrogen-bond acceptors (Lipinski definition) is 4. The average molecular weight is 597 g/mol. The third kappa shape index (κ3) is 8.42. The summed E-state index contributed by atoms with van der Waals surface area (Å²) < 4.78 is 26.3. The van der Waals surface area contributed by atoms with Gasteiger partial charge in [-0.05, 0) is 63.1 Å². The molecule has 0 radical (unpaired) electrons. The summed E-state index contributed by atoms with van der Waals surface area (Å²) in [5.41, 5.74) is 0.128. The van der Waals surface area contributed by atoms with Gasteiger partial charge in [-0.3, -0.25) is 13.9 Å². The molecule has 0 fully saturated rings. The second kappa shape index (κ2) is 12.2. The number of benzene rings is 2. The molecule has 12 heteroatoms. The van der Waals surface area contributed by atoms with Gasteiger partial charge in [-0.25, -0.2) is 8.42 Å². The van der Waals surface area contributed by atoms with Crippen LogP contribution in [-0.4, -0.2) is 49.5 Å². The van der Waals surface area contributed by atoms with Crippen molar-refractivity contribution in [2.75, 3.05) is 17.1 Å². The van der Waals surface area contributed by atoms with Crippen LogP contribution in [-0.2, 0) is 26.2 Å². The molecule has 2 aromatic carbocycles. The van der Waals surface area contributed by atoms with E-state index in [4.69, 9.17) is 46.4 Å². The molecule has 0 unspecified atom stereocenters. The third-order valence-electron chi connectivity index (χ3n) is 5.08. The van der Waals surface area contributed by atoms with Crippen LogP contribution in [0.1, 0.15) is 39.7 Å². The normalized spacial score (nSPS) is 12.7. The van der Waals surface area contributed by atoms with Gasteiger partial charge < -0.3 is 10.2 Å². The van der Waals surface area contributed by atoms with E-state index in [9.17, 15) is 18.0 Å². The van der Waals surface area contributed by atoms with Gasteiger partial charge in [0.05, 0.1) is 27.0 Å². The topological polar surface area (TPSA) is 86.8 Å². The molecule has 2 rings (SSSR count). The van der Waals surface area contributed by atoms with E-state index in [0.29, 0.717) is 10.6 Å². The summed E-state index contributed by atoms with van der Waals surface area (Å²) in [6, 6.07) is 8.31. The van der Waals surface area contributed by atoms with Crippen molar-refractivity contribution in [3.63, 3.8) is 0 Å². The van der Waals surface area contributed by atoms with Crippen LogP contribution in [0.15, 0.2) is 36.4 Å². The Morgan fingerprint density at radius 3 is 2.11 bits per heavy atom. The zero-order chi connectivity index (χ0) is 27.4. The summed E-state index contributed by atoms with van der Waals surface area (Å²) in [5.74, 6) is -0.983. The monoisotopic (exact) mass is 595 g/mol. The number of carbonyl (C=O) groups excluding carboxylic acids is 2. The van der Waals surface area contributed by atoms with Gasteiger partial charge in [-0.15, -0.1) is 0 Å². The molecule has 0 saturated heterocycles. The molecule has 0 saturated carbocycles. The summed E-state index contributed by atoms with van der Waals surface area (Å²) >= 11 is 24.5. The van der Waals surface area contributed by atoms with Crippen molar-refractivity contribution in [2.45, 2.75) is 52.2 Å². The van der Waals surface area contributed by atoms with Gasteiger partial charge in [0.1, 0.15) is 12.6 Å². The van der Waals surface area contributed by atoms with Crippen molar-refractivity contribution >= 4 is 73.9 Å². The first-order valence-electron chi connectivity index (χ1n) is 11.0. The lowest BCUT2D eigenvalue weighted by Gasteiger charge is -2.34. The molecule has 198 valence electrons. The fraction of sp³-hybridized carbons (Fsp3) is 0.417. The van der Waals surface area contributed by atoms with Gasteiger partial charge in [0.2, 0.25) is 21.8 Å². The van der Waals surface area contributed by atoms with Crippen LogP contribution in [0.5, 0.6) is 0 Å². The lowest BCUT2D eigenvalue weighted by atomic mass is 10.1. The van der Waals surface area contributed by atoms with Gasteiger partial charge in [0, 0.05) is 17.1 Å². The van der Waals surface area contributed by atoms with Crippen LogP contribution in [0.2, 0.25) is 20.1 Å². The smallest absolute Gasteiger partial charge is 0.244 e. The molecular weight excluding hydrogens is 568 g/mol. The number of amides is 2. The van der Waals surface area contributed by atoms with E-state index in [1.165, 1.54) is 23.1 Å². The molecular formula is C24H29Cl4N3O4S. The molecule has 0 heterocycles.